The molecular weight excluding hydrogens is 440 g/mol. The van der Waals surface area contributed by atoms with Crippen LogP contribution in [0.1, 0.15) is 48.3 Å². The number of aromatic nitrogens is 5. The molecule has 0 aliphatic heterocycles. The van der Waals surface area contributed by atoms with E-state index in [-0.39, 0.29) is 11.8 Å². The minimum atomic E-state index is -2.91. The van der Waals surface area contributed by atoms with E-state index in [1.807, 2.05) is 45.0 Å². The first-order valence-electron chi connectivity index (χ1n) is 10.7. The number of nitrogens with one attached hydrogen (secondary N) is 2. The van der Waals surface area contributed by atoms with Crippen LogP contribution in [0.5, 0.6) is 0 Å². The Bertz CT molecular complexity index is 1290. The topological polar surface area (TPSA) is 106 Å². The largest absolute Gasteiger partial charge is 0.375 e. The van der Waals surface area contributed by atoms with Gasteiger partial charge in [-0.25, -0.2) is 8.78 Å². The van der Waals surface area contributed by atoms with Crippen LogP contribution >= 0.6 is 0 Å². The Hall–Kier alpha value is -3.95. The summed E-state index contributed by atoms with van der Waals surface area (Å²) in [5, 5.41) is 20.1. The lowest BCUT2D eigenvalue weighted by Crippen LogP contribution is -2.19. The summed E-state index contributed by atoms with van der Waals surface area (Å²) in [5.74, 6) is -2.25. The molecule has 0 aliphatic rings. The Balaban J connectivity index is 1.73. The van der Waals surface area contributed by atoms with E-state index in [0.29, 0.717) is 22.7 Å². The van der Waals surface area contributed by atoms with Gasteiger partial charge >= 0.3 is 0 Å². The minimum Gasteiger partial charge on any atom is -0.375 e. The average molecular weight is 466 g/mol. The second-order valence-electron chi connectivity index (χ2n) is 8.31. The van der Waals surface area contributed by atoms with Crippen molar-refractivity contribution in [3.63, 3.8) is 0 Å². The molecule has 0 fully saturated rings. The zero-order valence-electron chi connectivity index (χ0n) is 19.3. The lowest BCUT2D eigenvalue weighted by atomic mass is 10.0. The van der Waals surface area contributed by atoms with Crippen molar-refractivity contribution < 1.29 is 13.3 Å². The summed E-state index contributed by atoms with van der Waals surface area (Å²) in [6.45, 7) is 5.89. The third-order valence-corrected chi connectivity index (χ3v) is 5.31. The van der Waals surface area contributed by atoms with E-state index in [9.17, 15) is 8.78 Å². The third kappa shape index (κ3) is 5.00. The average Bonchev–Trinajstić information content (AvgIpc) is 3.38. The predicted molar refractivity (Wildman–Crippen MR) is 124 cm³/mol. The molecule has 0 unspecified atom stereocenters. The molecule has 1 atom stereocenters. The highest BCUT2D eigenvalue weighted by Crippen LogP contribution is 2.31. The van der Waals surface area contributed by atoms with Gasteiger partial charge in [-0.15, -0.1) is 0 Å². The molecule has 0 aliphatic carbocycles. The SMILES string of the molecule is Cc1noc(C)c1-c1cnc(C(=N)c2cnn(CC(C)(F)F)c2)c(N[C@@H](C)c2ccccn2)c1. The molecule has 0 radical (unpaired) electrons. The zero-order valence-corrected chi connectivity index (χ0v) is 19.3. The number of halogens is 2. The fourth-order valence-corrected chi connectivity index (χ4v) is 3.75. The van der Waals surface area contributed by atoms with Gasteiger partial charge in [0.25, 0.3) is 5.92 Å². The Kier molecular flexibility index (Phi) is 6.23. The van der Waals surface area contributed by atoms with E-state index in [1.54, 1.807) is 12.4 Å². The first-order valence-corrected chi connectivity index (χ1v) is 10.7. The Morgan fingerprint density at radius 3 is 2.68 bits per heavy atom. The van der Waals surface area contributed by atoms with Gasteiger partial charge in [-0.3, -0.25) is 20.1 Å². The van der Waals surface area contributed by atoms with Crippen molar-refractivity contribution in [2.75, 3.05) is 5.32 Å². The molecule has 0 saturated heterocycles. The van der Waals surface area contributed by atoms with E-state index in [2.05, 4.69) is 25.5 Å². The number of hydrogen-bond donors (Lipinski definition) is 2. The number of alkyl halides is 2. The minimum absolute atomic E-state index is 0.0618. The van der Waals surface area contributed by atoms with E-state index >= 15 is 0 Å². The van der Waals surface area contributed by atoms with E-state index in [4.69, 9.17) is 9.93 Å². The van der Waals surface area contributed by atoms with Crippen LogP contribution in [0.4, 0.5) is 14.5 Å². The Morgan fingerprint density at radius 1 is 1.24 bits per heavy atom. The summed E-state index contributed by atoms with van der Waals surface area (Å²) in [4.78, 5) is 8.96. The van der Waals surface area contributed by atoms with Gasteiger partial charge in [0.1, 0.15) is 18.0 Å². The summed E-state index contributed by atoms with van der Waals surface area (Å²) < 4.78 is 33.2. The van der Waals surface area contributed by atoms with Gasteiger partial charge in [0.05, 0.1) is 35.0 Å². The number of aryl methyl sites for hydroxylation is 2. The summed E-state index contributed by atoms with van der Waals surface area (Å²) >= 11 is 0. The molecule has 34 heavy (non-hydrogen) atoms. The number of anilines is 1. The van der Waals surface area contributed by atoms with Crippen molar-refractivity contribution in [1.29, 1.82) is 5.41 Å². The zero-order chi connectivity index (χ0) is 24.5. The van der Waals surface area contributed by atoms with Crippen LogP contribution in [-0.4, -0.2) is 36.5 Å². The maximum absolute atomic E-state index is 13.4. The first kappa shape index (κ1) is 23.2. The molecule has 0 amide bonds. The summed E-state index contributed by atoms with van der Waals surface area (Å²) in [7, 11) is 0. The monoisotopic (exact) mass is 465 g/mol. The Morgan fingerprint density at radius 2 is 2.03 bits per heavy atom. The van der Waals surface area contributed by atoms with Gasteiger partial charge in [-0.2, -0.15) is 5.10 Å². The lowest BCUT2D eigenvalue weighted by molar-refractivity contribution is 0.000585. The van der Waals surface area contributed by atoms with Crippen LogP contribution in [0.25, 0.3) is 11.1 Å². The van der Waals surface area contributed by atoms with Crippen LogP contribution in [0.15, 0.2) is 53.6 Å². The van der Waals surface area contributed by atoms with Crippen LogP contribution in [0.2, 0.25) is 0 Å². The van der Waals surface area contributed by atoms with Crippen LogP contribution < -0.4 is 5.32 Å². The highest BCUT2D eigenvalue weighted by molar-refractivity contribution is 6.12. The number of rotatable bonds is 8. The van der Waals surface area contributed by atoms with Crippen molar-refractivity contribution >= 4 is 11.4 Å². The second-order valence-corrected chi connectivity index (χ2v) is 8.31. The van der Waals surface area contributed by atoms with Gasteiger partial charge < -0.3 is 9.84 Å². The van der Waals surface area contributed by atoms with Gasteiger partial charge in [0.15, 0.2) is 0 Å². The molecule has 176 valence electrons. The number of hydrogen-bond acceptors (Lipinski definition) is 7. The van der Waals surface area contributed by atoms with Gasteiger partial charge in [0, 0.05) is 42.2 Å². The molecular formula is C24H25F2N7O. The molecule has 0 bridgehead atoms. The molecule has 4 aromatic heterocycles. The predicted octanol–water partition coefficient (Wildman–Crippen LogP) is 5.19. The molecule has 0 aromatic carbocycles. The second kappa shape index (κ2) is 9.12. The van der Waals surface area contributed by atoms with Crippen molar-refractivity contribution in [3.8, 4) is 11.1 Å². The molecule has 4 aromatic rings. The third-order valence-electron chi connectivity index (χ3n) is 5.31. The normalized spacial score (nSPS) is 12.5. The highest BCUT2D eigenvalue weighted by atomic mass is 19.3. The number of pyridine rings is 2. The van der Waals surface area contributed by atoms with Gasteiger partial charge in [-0.1, -0.05) is 11.2 Å². The smallest absolute Gasteiger partial charge is 0.264 e. The first-order chi connectivity index (χ1) is 16.1. The van der Waals surface area contributed by atoms with Crippen molar-refractivity contribution in [2.45, 2.75) is 46.2 Å². The number of nitrogens with zero attached hydrogens (tertiary/aromatic N) is 5. The molecule has 0 spiro atoms. The van der Waals surface area contributed by atoms with E-state index < -0.39 is 12.5 Å². The summed E-state index contributed by atoms with van der Waals surface area (Å²) in [6, 6.07) is 7.35. The van der Waals surface area contributed by atoms with Crippen molar-refractivity contribution in [2.24, 2.45) is 0 Å². The summed E-state index contributed by atoms with van der Waals surface area (Å²) in [6.07, 6.45) is 6.18. The molecule has 4 heterocycles. The lowest BCUT2D eigenvalue weighted by Gasteiger charge is -2.18. The Labute approximate surface area is 195 Å². The highest BCUT2D eigenvalue weighted by Gasteiger charge is 2.24. The van der Waals surface area contributed by atoms with Crippen molar-refractivity contribution in [3.05, 3.63) is 77.5 Å². The maximum atomic E-state index is 13.4. The standard InChI is InChI=1S/C24H25F2N7O/c1-14(19-7-5-6-8-28-19)31-20-9-17(21-15(2)32-34-16(21)3)10-29-23(20)22(27)18-11-30-33(12-18)13-24(4,25)26/h5-12,14,27,31H,13H2,1-4H3/t14-/m0/s1. The molecule has 4 rings (SSSR count). The van der Waals surface area contributed by atoms with Crippen LogP contribution in [0.3, 0.4) is 0 Å². The van der Waals surface area contributed by atoms with E-state index in [1.165, 1.54) is 12.4 Å². The fourth-order valence-electron chi connectivity index (χ4n) is 3.75. The van der Waals surface area contributed by atoms with Crippen molar-refractivity contribution in [1.82, 2.24) is 24.9 Å². The van der Waals surface area contributed by atoms with Gasteiger partial charge in [-0.05, 0) is 39.0 Å². The molecule has 0 saturated carbocycles. The molecule has 10 heteroatoms. The van der Waals surface area contributed by atoms with Gasteiger partial charge in [0.2, 0.25) is 0 Å². The quantitative estimate of drug-likeness (QED) is 0.347. The van der Waals surface area contributed by atoms with Crippen LogP contribution in [-0.2, 0) is 6.54 Å². The van der Waals surface area contributed by atoms with Crippen LogP contribution in [0, 0.1) is 19.3 Å². The molecule has 8 nitrogen and oxygen atoms in total. The molecule has 2 N–H and O–H groups in total. The van der Waals surface area contributed by atoms with E-state index in [0.717, 1.165) is 34.1 Å². The maximum Gasteiger partial charge on any atom is 0.264 e. The fraction of sp³-hybridized carbons (Fsp3) is 0.292. The summed E-state index contributed by atoms with van der Waals surface area (Å²) in [5.41, 5.74) is 4.56.